The fraction of sp³-hybridized carbons (Fsp3) is 0.621. The predicted octanol–water partition coefficient (Wildman–Crippen LogP) is 6.23. The van der Waals surface area contributed by atoms with Gasteiger partial charge >= 0.3 is 0 Å². The van der Waals surface area contributed by atoms with Crippen molar-refractivity contribution in [2.24, 2.45) is 11.8 Å². The Morgan fingerprint density at radius 3 is 2.42 bits per heavy atom. The second kappa shape index (κ2) is 14.3. The highest BCUT2D eigenvalue weighted by Gasteiger charge is 2.36. The van der Waals surface area contributed by atoms with Crippen molar-refractivity contribution in [3.63, 3.8) is 0 Å². The van der Waals surface area contributed by atoms with E-state index in [1.54, 1.807) is 7.05 Å². The van der Waals surface area contributed by atoms with Crippen LogP contribution < -0.4 is 5.32 Å². The third-order valence-electron chi connectivity index (χ3n) is 8.45. The van der Waals surface area contributed by atoms with Crippen molar-refractivity contribution in [1.82, 2.24) is 14.5 Å². The molecule has 4 rings (SSSR count). The van der Waals surface area contributed by atoms with E-state index in [-0.39, 0.29) is 34.6 Å². The second-order valence-corrected chi connectivity index (χ2v) is 15.1. The molecule has 0 aliphatic heterocycles. The summed E-state index contributed by atoms with van der Waals surface area (Å²) in [6, 6.07) is 8.78. The molecule has 1 aromatic carbocycles. The minimum atomic E-state index is -3.80. The lowest BCUT2D eigenvalue weighted by Crippen LogP contribution is -2.48. The van der Waals surface area contributed by atoms with Crippen molar-refractivity contribution >= 4 is 50.5 Å². The van der Waals surface area contributed by atoms with Gasteiger partial charge in [-0.25, -0.2) is 8.42 Å². The van der Waals surface area contributed by atoms with Crippen molar-refractivity contribution < 1.29 is 17.9 Å². The van der Waals surface area contributed by atoms with Crippen LogP contribution in [-0.4, -0.2) is 70.0 Å². The van der Waals surface area contributed by atoms with Crippen LogP contribution in [0.5, 0.6) is 0 Å². The van der Waals surface area contributed by atoms with Gasteiger partial charge in [0.05, 0.1) is 27.1 Å². The summed E-state index contributed by atoms with van der Waals surface area (Å²) < 4.78 is 34.0. The average Bonchev–Trinajstić information content (AvgIpc) is 3.46. The summed E-state index contributed by atoms with van der Waals surface area (Å²) in [4.78, 5) is 16.6. The minimum Gasteiger partial charge on any atom is -0.367 e. The van der Waals surface area contributed by atoms with Crippen LogP contribution in [0.15, 0.2) is 40.6 Å². The zero-order chi connectivity index (χ0) is 28.9. The molecule has 0 spiro atoms. The molecule has 222 valence electrons. The molecular weight excluding hydrogens is 589 g/mol. The van der Waals surface area contributed by atoms with Crippen LogP contribution in [0.3, 0.4) is 0 Å². The molecule has 7 nitrogen and oxygen atoms in total. The number of nitrogens with zero attached hydrogens (tertiary/aromatic N) is 2. The topological polar surface area (TPSA) is 79.0 Å². The number of carbonyl (C=O) groups excluding carboxylic acids is 1. The molecule has 2 saturated carbocycles. The van der Waals surface area contributed by atoms with Gasteiger partial charge in [-0.1, -0.05) is 42.1 Å². The van der Waals surface area contributed by atoms with E-state index in [0.29, 0.717) is 42.3 Å². The first-order valence-electron chi connectivity index (χ1n) is 14.1. The SMILES string of the molecule is CN(C)C(c1cccs1)C1CCC(CNC(=O)COC2CCCCC2N(C)S(=O)(=O)c2ccc(Cl)c(Cl)c2)CC1. The lowest BCUT2D eigenvalue weighted by molar-refractivity contribution is -0.129. The highest BCUT2D eigenvalue weighted by atomic mass is 35.5. The van der Waals surface area contributed by atoms with Gasteiger partial charge in [0.1, 0.15) is 6.61 Å². The third-order valence-corrected chi connectivity index (χ3v) is 12.0. The van der Waals surface area contributed by atoms with E-state index in [2.05, 4.69) is 41.8 Å². The molecule has 2 aliphatic carbocycles. The number of hydrogen-bond acceptors (Lipinski definition) is 6. The molecule has 3 atom stereocenters. The van der Waals surface area contributed by atoms with Gasteiger partial charge in [0.2, 0.25) is 15.9 Å². The molecule has 0 saturated heterocycles. The minimum absolute atomic E-state index is 0.0712. The molecule has 11 heteroatoms. The normalized spacial score (nSPS) is 24.8. The maximum atomic E-state index is 13.3. The summed E-state index contributed by atoms with van der Waals surface area (Å²) in [5.41, 5.74) is 0. The number of rotatable bonds is 11. The molecule has 1 N–H and O–H groups in total. The molecule has 40 heavy (non-hydrogen) atoms. The number of thiophene rings is 1. The number of amides is 1. The highest BCUT2D eigenvalue weighted by molar-refractivity contribution is 7.89. The van der Waals surface area contributed by atoms with Gasteiger partial charge in [-0.05, 0) is 94.1 Å². The Hall–Kier alpha value is -1.20. The Balaban J connectivity index is 1.25. The van der Waals surface area contributed by atoms with E-state index in [1.807, 2.05) is 11.3 Å². The van der Waals surface area contributed by atoms with Gasteiger partial charge in [-0.3, -0.25) is 4.79 Å². The van der Waals surface area contributed by atoms with Crippen molar-refractivity contribution in [2.75, 3.05) is 34.3 Å². The first-order chi connectivity index (χ1) is 19.1. The Labute approximate surface area is 253 Å². The Kier molecular flexibility index (Phi) is 11.4. The van der Waals surface area contributed by atoms with Crippen LogP contribution in [0.25, 0.3) is 0 Å². The van der Waals surface area contributed by atoms with E-state index in [9.17, 15) is 13.2 Å². The Bertz CT molecular complexity index is 1220. The first kappa shape index (κ1) is 31.7. The average molecular weight is 631 g/mol. The smallest absolute Gasteiger partial charge is 0.246 e. The second-order valence-electron chi connectivity index (χ2n) is 11.3. The van der Waals surface area contributed by atoms with Crippen LogP contribution in [0, 0.1) is 11.8 Å². The van der Waals surface area contributed by atoms with Crippen molar-refractivity contribution in [3.05, 3.63) is 50.6 Å². The van der Waals surface area contributed by atoms with Crippen molar-refractivity contribution in [2.45, 2.75) is 74.4 Å². The largest absolute Gasteiger partial charge is 0.367 e. The van der Waals surface area contributed by atoms with E-state index >= 15 is 0 Å². The number of hydrogen-bond donors (Lipinski definition) is 1. The van der Waals surface area contributed by atoms with Gasteiger partial charge in [-0.2, -0.15) is 4.31 Å². The quantitative estimate of drug-likeness (QED) is 0.319. The Morgan fingerprint density at radius 2 is 1.77 bits per heavy atom. The molecule has 1 heterocycles. The maximum absolute atomic E-state index is 13.3. The number of carbonyl (C=O) groups is 1. The van der Waals surface area contributed by atoms with Gasteiger partial charge in [-0.15, -0.1) is 11.3 Å². The number of halogens is 2. The van der Waals surface area contributed by atoms with Gasteiger partial charge in [0.25, 0.3) is 0 Å². The Morgan fingerprint density at radius 1 is 1.05 bits per heavy atom. The molecule has 3 unspecified atom stereocenters. The summed E-state index contributed by atoms with van der Waals surface area (Å²) in [6.07, 6.45) is 7.38. The fourth-order valence-corrected chi connectivity index (χ4v) is 9.05. The molecule has 2 fully saturated rings. The maximum Gasteiger partial charge on any atom is 0.246 e. The lowest BCUT2D eigenvalue weighted by atomic mass is 9.77. The van der Waals surface area contributed by atoms with Crippen LogP contribution in [0.2, 0.25) is 10.0 Å². The van der Waals surface area contributed by atoms with Crippen LogP contribution in [-0.2, 0) is 19.6 Å². The van der Waals surface area contributed by atoms with E-state index in [0.717, 1.165) is 38.5 Å². The molecule has 1 aromatic heterocycles. The lowest BCUT2D eigenvalue weighted by Gasteiger charge is -2.37. The summed E-state index contributed by atoms with van der Waals surface area (Å²) in [5, 5.41) is 5.71. The van der Waals surface area contributed by atoms with Gasteiger partial charge in [0.15, 0.2) is 0 Å². The zero-order valence-corrected chi connectivity index (χ0v) is 26.7. The van der Waals surface area contributed by atoms with Crippen LogP contribution >= 0.6 is 34.5 Å². The zero-order valence-electron chi connectivity index (χ0n) is 23.5. The highest BCUT2D eigenvalue weighted by Crippen LogP contribution is 2.40. The van der Waals surface area contributed by atoms with E-state index in [4.69, 9.17) is 27.9 Å². The monoisotopic (exact) mass is 629 g/mol. The number of likely N-dealkylation sites (N-methyl/N-ethyl adjacent to an activating group) is 1. The number of sulfonamides is 1. The van der Waals surface area contributed by atoms with Gasteiger partial charge < -0.3 is 15.0 Å². The molecule has 0 radical (unpaired) electrons. The summed E-state index contributed by atoms with van der Waals surface area (Å²) in [6.45, 7) is 0.582. The predicted molar refractivity (Wildman–Crippen MR) is 163 cm³/mol. The van der Waals surface area contributed by atoms with Crippen molar-refractivity contribution in [1.29, 1.82) is 0 Å². The van der Waals surface area contributed by atoms with Crippen LogP contribution in [0.1, 0.15) is 62.3 Å². The summed E-state index contributed by atoms with van der Waals surface area (Å²) in [5.74, 6) is 0.951. The molecule has 1 amide bonds. The van der Waals surface area contributed by atoms with Crippen molar-refractivity contribution in [3.8, 4) is 0 Å². The number of ether oxygens (including phenoxy) is 1. The molecule has 2 aliphatic rings. The molecular formula is C29H41Cl2N3O4S2. The molecule has 0 bridgehead atoms. The van der Waals surface area contributed by atoms with E-state index in [1.165, 1.54) is 27.4 Å². The summed E-state index contributed by atoms with van der Waals surface area (Å²) in [7, 11) is 2.09. The molecule has 2 aromatic rings. The summed E-state index contributed by atoms with van der Waals surface area (Å²) >= 11 is 13.9. The number of benzene rings is 1. The third kappa shape index (κ3) is 7.79. The standard InChI is InChI=1S/C29H41Cl2N3O4S2/c1-33(2)29(27-9-6-16-39-27)21-12-10-20(11-13-21)18-32-28(35)19-38-26-8-5-4-7-25(26)34(3)40(36,37)22-14-15-23(30)24(31)17-22/h6,9,14-17,20-21,25-26,29H,4-5,7-8,10-13,18-19H2,1-3H3,(H,32,35). The van der Waals surface area contributed by atoms with Crippen LogP contribution in [0.4, 0.5) is 0 Å². The van der Waals surface area contributed by atoms with Gasteiger partial charge in [0, 0.05) is 24.5 Å². The number of nitrogens with one attached hydrogen (secondary N) is 1. The fourth-order valence-electron chi connectivity index (χ4n) is 6.24. The van der Waals surface area contributed by atoms with E-state index < -0.39 is 10.0 Å². The first-order valence-corrected chi connectivity index (χ1v) is 17.2.